The number of carbonyl (C=O) groups excluding carboxylic acids is 2. The highest BCUT2D eigenvalue weighted by atomic mass is 16.5. The molecule has 0 fully saturated rings. The summed E-state index contributed by atoms with van der Waals surface area (Å²) in [6.07, 6.45) is 0.643. The van der Waals surface area contributed by atoms with Crippen LogP contribution < -0.4 is 10.1 Å². The molecule has 0 aliphatic carbocycles. The minimum Gasteiger partial charge on any atom is -0.497 e. The topological polar surface area (TPSA) is 92.2 Å². The maximum absolute atomic E-state index is 13.3. The van der Waals surface area contributed by atoms with Gasteiger partial charge in [0.1, 0.15) is 11.4 Å². The molecule has 2 aromatic carbocycles. The molecule has 2 amide bonds. The van der Waals surface area contributed by atoms with Crippen molar-refractivity contribution in [1.82, 2.24) is 25.0 Å². The Morgan fingerprint density at radius 3 is 2.76 bits per heavy atom. The lowest BCUT2D eigenvalue weighted by Gasteiger charge is -2.27. The van der Waals surface area contributed by atoms with Crippen molar-refractivity contribution in [3.05, 3.63) is 82.8 Å². The molecule has 1 aliphatic rings. The van der Waals surface area contributed by atoms with Crippen LogP contribution in [0.25, 0.3) is 10.9 Å². The Morgan fingerprint density at radius 1 is 1.15 bits per heavy atom. The highest BCUT2D eigenvalue weighted by molar-refractivity contribution is 5.99. The van der Waals surface area contributed by atoms with E-state index in [2.05, 4.69) is 15.4 Å². The summed E-state index contributed by atoms with van der Waals surface area (Å²) in [5, 5.41) is 8.36. The molecule has 0 radical (unpaired) electrons. The zero-order valence-corrected chi connectivity index (χ0v) is 18.6. The van der Waals surface area contributed by atoms with Gasteiger partial charge in [0.2, 0.25) is 0 Å². The van der Waals surface area contributed by atoms with E-state index in [4.69, 9.17) is 4.74 Å². The summed E-state index contributed by atoms with van der Waals surface area (Å²) in [6, 6.07) is 17.3. The fourth-order valence-corrected chi connectivity index (χ4v) is 4.33. The number of rotatable bonds is 5. The molecule has 33 heavy (non-hydrogen) atoms. The minimum atomic E-state index is -0.234. The lowest BCUT2D eigenvalue weighted by atomic mass is 10.0. The van der Waals surface area contributed by atoms with E-state index in [1.165, 1.54) is 0 Å². The number of H-pyrrole nitrogens is 1. The van der Waals surface area contributed by atoms with Crippen LogP contribution in [0.5, 0.6) is 5.75 Å². The molecule has 0 unspecified atom stereocenters. The van der Waals surface area contributed by atoms with E-state index in [0.717, 1.165) is 33.5 Å². The second-order valence-corrected chi connectivity index (χ2v) is 8.18. The average Bonchev–Trinajstić information content (AvgIpc) is 3.43. The second-order valence-electron chi connectivity index (χ2n) is 8.18. The summed E-state index contributed by atoms with van der Waals surface area (Å²) in [6.45, 7) is 1.33. The van der Waals surface area contributed by atoms with Crippen molar-refractivity contribution in [1.29, 1.82) is 0 Å². The molecule has 2 aromatic heterocycles. The van der Waals surface area contributed by atoms with Crippen LogP contribution in [0.1, 0.15) is 37.8 Å². The minimum absolute atomic E-state index is 0.102. The third-order valence-corrected chi connectivity index (χ3v) is 6.10. The van der Waals surface area contributed by atoms with Gasteiger partial charge >= 0.3 is 0 Å². The standard InChI is InChI=1S/C25H25N5O3/c1-29-22-10-11-30(25(32)21-12-17-8-9-18(33-2)13-20(17)27-21)15-19(22)23(28-29)24(31)26-14-16-6-4-3-5-7-16/h3-9,12-13,27H,10-11,14-15H2,1-2H3,(H,26,31). The highest BCUT2D eigenvalue weighted by Crippen LogP contribution is 2.26. The van der Waals surface area contributed by atoms with Crippen LogP contribution in [0.3, 0.4) is 0 Å². The van der Waals surface area contributed by atoms with Crippen LogP contribution in [0, 0.1) is 0 Å². The second kappa shape index (κ2) is 8.46. The van der Waals surface area contributed by atoms with Crippen molar-refractivity contribution < 1.29 is 14.3 Å². The molecule has 0 saturated carbocycles. The number of aryl methyl sites for hydroxylation is 1. The zero-order valence-electron chi connectivity index (χ0n) is 18.6. The van der Waals surface area contributed by atoms with Gasteiger partial charge < -0.3 is 19.9 Å². The third kappa shape index (κ3) is 3.95. The Balaban J connectivity index is 1.35. The van der Waals surface area contributed by atoms with Crippen LogP contribution in [0.15, 0.2) is 54.6 Å². The molecule has 2 N–H and O–H groups in total. The Labute approximate surface area is 191 Å². The van der Waals surface area contributed by atoms with E-state index in [0.29, 0.717) is 37.4 Å². The van der Waals surface area contributed by atoms with Gasteiger partial charge in [-0.3, -0.25) is 14.3 Å². The van der Waals surface area contributed by atoms with Gasteiger partial charge in [0.15, 0.2) is 5.69 Å². The summed E-state index contributed by atoms with van der Waals surface area (Å²) in [4.78, 5) is 31.2. The van der Waals surface area contributed by atoms with Gasteiger partial charge in [0.05, 0.1) is 13.7 Å². The molecule has 4 aromatic rings. The molecule has 0 spiro atoms. The van der Waals surface area contributed by atoms with Crippen molar-refractivity contribution in [2.45, 2.75) is 19.5 Å². The molecule has 168 valence electrons. The predicted molar refractivity (Wildman–Crippen MR) is 124 cm³/mol. The van der Waals surface area contributed by atoms with Gasteiger partial charge in [-0.05, 0) is 23.8 Å². The fraction of sp³-hybridized carbons (Fsp3) is 0.240. The molecule has 0 bridgehead atoms. The summed E-state index contributed by atoms with van der Waals surface area (Å²) in [5.41, 5.74) is 4.55. The number of ether oxygens (including phenoxy) is 1. The largest absolute Gasteiger partial charge is 0.497 e. The SMILES string of the molecule is COc1ccc2cc(C(=O)N3CCc4c(c(C(=O)NCc5ccccc5)nn4C)C3)[nH]c2c1. The van der Waals surface area contributed by atoms with E-state index in [1.54, 1.807) is 16.7 Å². The van der Waals surface area contributed by atoms with Gasteiger partial charge in [-0.15, -0.1) is 0 Å². The summed E-state index contributed by atoms with van der Waals surface area (Å²) >= 11 is 0. The molecule has 0 atom stereocenters. The summed E-state index contributed by atoms with van der Waals surface area (Å²) in [7, 11) is 3.46. The number of carbonyl (C=O) groups is 2. The Hall–Kier alpha value is -4.07. The van der Waals surface area contributed by atoms with Crippen LogP contribution in [-0.2, 0) is 26.6 Å². The number of hydrogen-bond donors (Lipinski definition) is 2. The van der Waals surface area contributed by atoms with Gasteiger partial charge in [0, 0.05) is 54.8 Å². The van der Waals surface area contributed by atoms with Gasteiger partial charge in [-0.1, -0.05) is 30.3 Å². The van der Waals surface area contributed by atoms with Crippen LogP contribution in [-0.4, -0.2) is 45.1 Å². The van der Waals surface area contributed by atoms with E-state index < -0.39 is 0 Å². The first kappa shape index (κ1) is 20.8. The quantitative estimate of drug-likeness (QED) is 0.496. The van der Waals surface area contributed by atoms with E-state index >= 15 is 0 Å². The van der Waals surface area contributed by atoms with Crippen LogP contribution in [0.4, 0.5) is 0 Å². The number of amides is 2. The van der Waals surface area contributed by atoms with Crippen LogP contribution >= 0.6 is 0 Å². The Morgan fingerprint density at radius 2 is 1.97 bits per heavy atom. The zero-order chi connectivity index (χ0) is 22.9. The van der Waals surface area contributed by atoms with Gasteiger partial charge in [-0.25, -0.2) is 0 Å². The number of nitrogens with zero attached hydrogens (tertiary/aromatic N) is 3. The Kier molecular flexibility index (Phi) is 5.34. The van der Waals surface area contributed by atoms with E-state index in [-0.39, 0.29) is 11.8 Å². The third-order valence-electron chi connectivity index (χ3n) is 6.10. The van der Waals surface area contributed by atoms with E-state index in [9.17, 15) is 9.59 Å². The first-order chi connectivity index (χ1) is 16.0. The molecule has 3 heterocycles. The first-order valence-corrected chi connectivity index (χ1v) is 10.9. The maximum Gasteiger partial charge on any atom is 0.272 e. The fourth-order valence-electron chi connectivity index (χ4n) is 4.33. The average molecular weight is 444 g/mol. The lowest BCUT2D eigenvalue weighted by molar-refractivity contribution is 0.0725. The maximum atomic E-state index is 13.3. The van der Waals surface area contributed by atoms with Crippen molar-refractivity contribution in [3.8, 4) is 5.75 Å². The summed E-state index contributed by atoms with van der Waals surface area (Å²) < 4.78 is 7.02. The molecular formula is C25H25N5O3. The molecule has 1 aliphatic heterocycles. The smallest absolute Gasteiger partial charge is 0.272 e. The summed E-state index contributed by atoms with van der Waals surface area (Å²) in [5.74, 6) is 0.394. The van der Waals surface area contributed by atoms with Crippen molar-refractivity contribution in [2.24, 2.45) is 7.05 Å². The number of methoxy groups -OCH3 is 1. The highest BCUT2D eigenvalue weighted by Gasteiger charge is 2.30. The monoisotopic (exact) mass is 443 g/mol. The number of hydrogen-bond acceptors (Lipinski definition) is 4. The Bertz CT molecular complexity index is 1340. The number of nitrogens with one attached hydrogen (secondary N) is 2. The molecule has 5 rings (SSSR count). The molecule has 8 heteroatoms. The molecule has 0 saturated heterocycles. The van der Waals surface area contributed by atoms with Crippen LogP contribution in [0.2, 0.25) is 0 Å². The molecular weight excluding hydrogens is 418 g/mol. The van der Waals surface area contributed by atoms with Gasteiger partial charge in [-0.2, -0.15) is 5.10 Å². The van der Waals surface area contributed by atoms with E-state index in [1.807, 2.05) is 61.6 Å². The van der Waals surface area contributed by atoms with Crippen molar-refractivity contribution in [3.63, 3.8) is 0 Å². The van der Waals surface area contributed by atoms with Gasteiger partial charge in [0.25, 0.3) is 11.8 Å². The lowest BCUT2D eigenvalue weighted by Crippen LogP contribution is -2.37. The number of benzene rings is 2. The van der Waals surface area contributed by atoms with Crippen molar-refractivity contribution in [2.75, 3.05) is 13.7 Å². The van der Waals surface area contributed by atoms with Crippen molar-refractivity contribution >= 4 is 22.7 Å². The number of fused-ring (bicyclic) bond motifs is 2. The molecule has 8 nitrogen and oxygen atoms in total. The number of aromatic nitrogens is 3. The normalized spacial score (nSPS) is 13.1. The number of aromatic amines is 1. The first-order valence-electron chi connectivity index (χ1n) is 10.9. The predicted octanol–water partition coefficient (Wildman–Crippen LogP) is 3.04.